The van der Waals surface area contributed by atoms with Gasteiger partial charge < -0.3 is 10.2 Å². The Kier molecular flexibility index (Phi) is 7.51. The summed E-state index contributed by atoms with van der Waals surface area (Å²) in [6.45, 7) is 4.41. The maximum Gasteiger partial charge on any atom is 0.0540 e. The van der Waals surface area contributed by atoms with Crippen LogP contribution in [0.25, 0.3) is 0 Å². The van der Waals surface area contributed by atoms with Crippen LogP contribution in [-0.4, -0.2) is 22.9 Å². The van der Waals surface area contributed by atoms with E-state index >= 15 is 0 Å². The van der Waals surface area contributed by atoms with E-state index in [0.717, 1.165) is 32.1 Å². The van der Waals surface area contributed by atoms with Crippen molar-refractivity contribution >= 4 is 0 Å². The summed E-state index contributed by atoms with van der Waals surface area (Å²) in [7, 11) is 0. The first-order chi connectivity index (χ1) is 5.74. The van der Waals surface area contributed by atoms with Crippen molar-refractivity contribution in [1.29, 1.82) is 0 Å². The first-order valence-electron chi connectivity index (χ1n) is 5.03. The summed E-state index contributed by atoms with van der Waals surface area (Å²) in [5.41, 5.74) is 0. The first-order valence-corrected chi connectivity index (χ1v) is 5.03. The molecule has 2 N–H and O–H groups in total. The minimum Gasteiger partial charge on any atom is -0.396 e. The average Bonchev–Trinajstić information content (AvgIpc) is 2.07. The Balaban J connectivity index is 3.37. The monoisotopic (exact) mass is 174 g/mol. The van der Waals surface area contributed by atoms with E-state index in [1.54, 1.807) is 0 Å². The van der Waals surface area contributed by atoms with Crippen molar-refractivity contribution in [3.8, 4) is 0 Å². The predicted molar refractivity (Wildman–Crippen MR) is 51.0 cm³/mol. The molecule has 2 unspecified atom stereocenters. The number of aliphatic hydroxyl groups is 2. The zero-order chi connectivity index (χ0) is 9.40. The lowest BCUT2D eigenvalue weighted by molar-refractivity contribution is 0.131. The SMILES string of the molecule is CCCC(O)CCC(CC)CO. The van der Waals surface area contributed by atoms with E-state index in [2.05, 4.69) is 13.8 Å². The van der Waals surface area contributed by atoms with Gasteiger partial charge in [-0.3, -0.25) is 0 Å². The van der Waals surface area contributed by atoms with Gasteiger partial charge in [0.2, 0.25) is 0 Å². The zero-order valence-electron chi connectivity index (χ0n) is 8.29. The van der Waals surface area contributed by atoms with E-state index in [1.807, 2.05) is 0 Å². The smallest absolute Gasteiger partial charge is 0.0540 e. The number of rotatable bonds is 7. The molecule has 0 fully saturated rings. The molecule has 2 atom stereocenters. The van der Waals surface area contributed by atoms with Gasteiger partial charge in [0.05, 0.1) is 6.10 Å². The number of hydrogen-bond acceptors (Lipinski definition) is 2. The molecule has 0 aromatic carbocycles. The molecule has 0 aliphatic carbocycles. The van der Waals surface area contributed by atoms with Gasteiger partial charge in [-0.2, -0.15) is 0 Å². The highest BCUT2D eigenvalue weighted by atomic mass is 16.3. The molecule has 74 valence electrons. The molecule has 0 aliphatic heterocycles. The van der Waals surface area contributed by atoms with Crippen LogP contribution in [0.3, 0.4) is 0 Å². The Bertz CT molecular complexity index is 89.8. The van der Waals surface area contributed by atoms with Crippen molar-refractivity contribution in [3.05, 3.63) is 0 Å². The van der Waals surface area contributed by atoms with E-state index in [1.165, 1.54) is 0 Å². The molecule has 2 heteroatoms. The Morgan fingerprint density at radius 1 is 1.08 bits per heavy atom. The Labute approximate surface area is 75.6 Å². The van der Waals surface area contributed by atoms with Crippen molar-refractivity contribution in [2.45, 2.75) is 52.1 Å². The van der Waals surface area contributed by atoms with Crippen molar-refractivity contribution in [2.75, 3.05) is 6.61 Å². The van der Waals surface area contributed by atoms with Crippen LogP contribution in [0.2, 0.25) is 0 Å². The van der Waals surface area contributed by atoms with Crippen molar-refractivity contribution in [2.24, 2.45) is 5.92 Å². The fraction of sp³-hybridized carbons (Fsp3) is 1.00. The molecule has 0 aliphatic rings. The highest BCUT2D eigenvalue weighted by molar-refractivity contribution is 4.60. The molecule has 0 saturated heterocycles. The molecule has 0 aromatic rings. The maximum absolute atomic E-state index is 9.41. The normalized spacial score (nSPS) is 16.0. The summed E-state index contributed by atoms with van der Waals surface area (Å²) in [6, 6.07) is 0. The van der Waals surface area contributed by atoms with Gasteiger partial charge in [0, 0.05) is 6.61 Å². The summed E-state index contributed by atoms with van der Waals surface area (Å²) >= 11 is 0. The molecule has 0 amide bonds. The molecule has 0 rings (SSSR count). The van der Waals surface area contributed by atoms with E-state index in [-0.39, 0.29) is 12.7 Å². The second kappa shape index (κ2) is 7.56. The summed E-state index contributed by atoms with van der Waals surface area (Å²) in [4.78, 5) is 0. The standard InChI is InChI=1S/C10H22O2/c1-3-5-10(12)7-6-9(4-2)8-11/h9-12H,3-8H2,1-2H3. The second-order valence-corrected chi connectivity index (χ2v) is 3.48. The van der Waals surface area contributed by atoms with Crippen LogP contribution < -0.4 is 0 Å². The molecular formula is C10H22O2. The Morgan fingerprint density at radius 2 is 1.75 bits per heavy atom. The lowest BCUT2D eigenvalue weighted by Crippen LogP contribution is -2.11. The first kappa shape index (κ1) is 11.9. The summed E-state index contributed by atoms with van der Waals surface area (Å²) in [6.07, 6.45) is 4.57. The zero-order valence-corrected chi connectivity index (χ0v) is 8.29. The van der Waals surface area contributed by atoms with Gasteiger partial charge in [0.1, 0.15) is 0 Å². The van der Waals surface area contributed by atoms with Crippen LogP contribution in [0, 0.1) is 5.92 Å². The molecule has 2 nitrogen and oxygen atoms in total. The van der Waals surface area contributed by atoms with Gasteiger partial charge in [0.25, 0.3) is 0 Å². The summed E-state index contributed by atoms with van der Waals surface area (Å²) in [5.74, 6) is 0.386. The van der Waals surface area contributed by atoms with Gasteiger partial charge in [-0.15, -0.1) is 0 Å². The Morgan fingerprint density at radius 3 is 2.17 bits per heavy atom. The molecule has 0 bridgehead atoms. The molecule has 0 spiro atoms. The van der Waals surface area contributed by atoms with Gasteiger partial charge in [0.15, 0.2) is 0 Å². The minimum atomic E-state index is -0.157. The van der Waals surface area contributed by atoms with Crippen LogP contribution in [0.15, 0.2) is 0 Å². The van der Waals surface area contributed by atoms with Crippen LogP contribution in [-0.2, 0) is 0 Å². The molecule has 0 radical (unpaired) electrons. The third-order valence-electron chi connectivity index (χ3n) is 2.37. The minimum absolute atomic E-state index is 0.157. The van der Waals surface area contributed by atoms with Gasteiger partial charge in [-0.05, 0) is 25.2 Å². The molecular weight excluding hydrogens is 152 g/mol. The van der Waals surface area contributed by atoms with Gasteiger partial charge >= 0.3 is 0 Å². The largest absolute Gasteiger partial charge is 0.396 e. The van der Waals surface area contributed by atoms with Crippen molar-refractivity contribution in [1.82, 2.24) is 0 Å². The van der Waals surface area contributed by atoms with E-state index in [0.29, 0.717) is 5.92 Å². The van der Waals surface area contributed by atoms with Crippen LogP contribution in [0.1, 0.15) is 46.0 Å². The van der Waals surface area contributed by atoms with Gasteiger partial charge in [-0.25, -0.2) is 0 Å². The van der Waals surface area contributed by atoms with Crippen molar-refractivity contribution in [3.63, 3.8) is 0 Å². The fourth-order valence-electron chi connectivity index (χ4n) is 1.33. The maximum atomic E-state index is 9.41. The third kappa shape index (κ3) is 5.56. The van der Waals surface area contributed by atoms with Crippen LogP contribution >= 0.6 is 0 Å². The van der Waals surface area contributed by atoms with E-state index < -0.39 is 0 Å². The number of aliphatic hydroxyl groups excluding tert-OH is 2. The molecule has 0 saturated carbocycles. The predicted octanol–water partition coefficient (Wildman–Crippen LogP) is 1.95. The highest BCUT2D eigenvalue weighted by Gasteiger charge is 2.08. The van der Waals surface area contributed by atoms with Gasteiger partial charge in [-0.1, -0.05) is 26.7 Å². The summed E-state index contributed by atoms with van der Waals surface area (Å²) in [5, 5.41) is 18.3. The average molecular weight is 174 g/mol. The third-order valence-corrected chi connectivity index (χ3v) is 2.37. The van der Waals surface area contributed by atoms with Crippen LogP contribution in [0.4, 0.5) is 0 Å². The van der Waals surface area contributed by atoms with Crippen molar-refractivity contribution < 1.29 is 10.2 Å². The quantitative estimate of drug-likeness (QED) is 0.619. The van der Waals surface area contributed by atoms with Crippen LogP contribution in [0.5, 0.6) is 0 Å². The van der Waals surface area contributed by atoms with E-state index in [9.17, 15) is 5.11 Å². The lowest BCUT2D eigenvalue weighted by atomic mass is 9.98. The number of hydrogen-bond donors (Lipinski definition) is 2. The summed E-state index contributed by atoms with van der Waals surface area (Å²) < 4.78 is 0. The highest BCUT2D eigenvalue weighted by Crippen LogP contribution is 2.13. The topological polar surface area (TPSA) is 40.5 Å². The molecule has 0 heterocycles. The fourth-order valence-corrected chi connectivity index (χ4v) is 1.33. The Hall–Kier alpha value is -0.0800. The molecule has 0 aromatic heterocycles. The molecule has 12 heavy (non-hydrogen) atoms. The van der Waals surface area contributed by atoms with E-state index in [4.69, 9.17) is 5.11 Å². The second-order valence-electron chi connectivity index (χ2n) is 3.48. The lowest BCUT2D eigenvalue weighted by Gasteiger charge is -2.14.